The average Bonchev–Trinajstić information content (AvgIpc) is 4.08. The van der Waals surface area contributed by atoms with Crippen LogP contribution in [0.3, 0.4) is 0 Å². The molecule has 378 valence electrons. The van der Waals surface area contributed by atoms with Gasteiger partial charge in [0.2, 0.25) is 0 Å². The Labute approximate surface area is 440 Å². The van der Waals surface area contributed by atoms with E-state index in [1.165, 1.54) is 180 Å². The van der Waals surface area contributed by atoms with Gasteiger partial charge in [-0.1, -0.05) is 207 Å². The highest BCUT2D eigenvalue weighted by Crippen LogP contribution is 2.49. The Hall–Kier alpha value is -2.00. The SMILES string of the molecule is CCCCCCCCCCC(CCCCCCCC)CN1C(=O)/C(=C\c2ccc(Br)s2)c2cc3c(cc21)/C(=C/c1ccc(Br)s1)C(=O)N3CC(CCCCCCCC)CCCCCCCCCC. The van der Waals surface area contributed by atoms with Crippen molar-refractivity contribution in [3.05, 3.63) is 64.9 Å². The number of rotatable bonds is 38. The zero-order valence-corrected chi connectivity index (χ0v) is 47.9. The van der Waals surface area contributed by atoms with Crippen molar-refractivity contribution < 1.29 is 9.59 Å². The topological polar surface area (TPSA) is 40.6 Å². The molecule has 2 aliphatic heterocycles. The molecule has 4 heterocycles. The Kier molecular flexibility index (Phi) is 27.5. The number of fused-ring (bicyclic) bond motifs is 2. The van der Waals surface area contributed by atoms with Crippen molar-refractivity contribution in [2.75, 3.05) is 22.9 Å². The zero-order valence-electron chi connectivity index (χ0n) is 43.1. The molecule has 3 aromatic rings. The summed E-state index contributed by atoms with van der Waals surface area (Å²) in [4.78, 5) is 36.6. The number of carbonyl (C=O) groups excluding carboxylic acids is 2. The molecule has 0 bridgehead atoms. The Balaban J connectivity index is 1.47. The van der Waals surface area contributed by atoms with E-state index in [1.807, 2.05) is 0 Å². The molecule has 0 spiro atoms. The molecule has 0 saturated carbocycles. The van der Waals surface area contributed by atoms with E-state index < -0.39 is 0 Å². The van der Waals surface area contributed by atoms with Crippen molar-refractivity contribution in [2.24, 2.45) is 11.8 Å². The molecular formula is C60H90Br2N2O2S2. The van der Waals surface area contributed by atoms with Crippen LogP contribution in [0.25, 0.3) is 23.3 Å². The van der Waals surface area contributed by atoms with E-state index in [2.05, 4.69) is 118 Å². The third-order valence-corrected chi connectivity index (χ3v) is 17.9. The quantitative estimate of drug-likeness (QED) is 0.0424. The summed E-state index contributed by atoms with van der Waals surface area (Å²) >= 11 is 10.7. The summed E-state index contributed by atoms with van der Waals surface area (Å²) in [5, 5.41) is 0. The average molecular weight is 1100 g/mol. The maximum atomic E-state index is 15.1. The van der Waals surface area contributed by atoms with Crippen LogP contribution in [-0.2, 0) is 9.59 Å². The summed E-state index contributed by atoms with van der Waals surface area (Å²) in [6, 6.07) is 12.9. The molecule has 68 heavy (non-hydrogen) atoms. The fourth-order valence-corrected chi connectivity index (χ4v) is 13.4. The summed E-state index contributed by atoms with van der Waals surface area (Å²) in [7, 11) is 0. The third-order valence-electron chi connectivity index (χ3n) is 14.7. The molecule has 2 amide bonds. The summed E-state index contributed by atoms with van der Waals surface area (Å²) in [5.41, 5.74) is 5.45. The van der Waals surface area contributed by atoms with Crippen LogP contribution in [0.5, 0.6) is 0 Å². The first-order valence-electron chi connectivity index (χ1n) is 28.0. The number of thiophene rings is 2. The van der Waals surface area contributed by atoms with Crippen molar-refractivity contribution in [1.82, 2.24) is 0 Å². The fourth-order valence-electron chi connectivity index (χ4n) is 10.7. The minimum Gasteiger partial charge on any atom is -0.307 e. The summed E-state index contributed by atoms with van der Waals surface area (Å²) < 4.78 is 2.12. The van der Waals surface area contributed by atoms with E-state index in [1.54, 1.807) is 22.7 Å². The highest BCUT2D eigenvalue weighted by molar-refractivity contribution is 9.11. The van der Waals surface area contributed by atoms with Gasteiger partial charge in [-0.15, -0.1) is 22.7 Å². The Morgan fingerprint density at radius 2 is 0.706 bits per heavy atom. The molecule has 0 radical (unpaired) electrons. The fraction of sp³-hybridized carbons (Fsp3) is 0.667. The van der Waals surface area contributed by atoms with Crippen molar-refractivity contribution >= 4 is 101 Å². The van der Waals surface area contributed by atoms with E-state index in [4.69, 9.17) is 0 Å². The van der Waals surface area contributed by atoms with Crippen LogP contribution in [-0.4, -0.2) is 24.9 Å². The number of nitrogens with zero attached hydrogens (tertiary/aromatic N) is 2. The van der Waals surface area contributed by atoms with Crippen LogP contribution in [0.15, 0.2) is 44.0 Å². The molecule has 1 aromatic carbocycles. The van der Waals surface area contributed by atoms with Crippen LogP contribution >= 0.6 is 54.5 Å². The van der Waals surface area contributed by atoms with E-state index >= 15 is 9.59 Å². The molecular weight excluding hydrogens is 1000 g/mol. The van der Waals surface area contributed by atoms with Crippen LogP contribution < -0.4 is 9.80 Å². The molecule has 2 aromatic heterocycles. The number of hydrogen-bond acceptors (Lipinski definition) is 4. The minimum absolute atomic E-state index is 0.110. The molecule has 0 aliphatic carbocycles. The lowest BCUT2D eigenvalue weighted by atomic mass is 9.93. The van der Waals surface area contributed by atoms with E-state index in [9.17, 15) is 0 Å². The van der Waals surface area contributed by atoms with E-state index in [0.29, 0.717) is 11.8 Å². The van der Waals surface area contributed by atoms with Gasteiger partial charge in [0.05, 0.1) is 30.1 Å². The molecule has 2 atom stereocenters. The van der Waals surface area contributed by atoms with E-state index in [0.717, 1.165) is 89.7 Å². The molecule has 0 fully saturated rings. The highest BCUT2D eigenvalue weighted by atomic mass is 79.9. The van der Waals surface area contributed by atoms with Crippen LogP contribution in [0.2, 0.25) is 0 Å². The lowest BCUT2D eigenvalue weighted by molar-refractivity contribution is -0.113. The van der Waals surface area contributed by atoms with Gasteiger partial charge in [0.25, 0.3) is 11.8 Å². The molecule has 8 heteroatoms. The number of carbonyl (C=O) groups is 2. The molecule has 4 nitrogen and oxygen atoms in total. The number of anilines is 2. The largest absolute Gasteiger partial charge is 0.307 e. The molecule has 5 rings (SSSR count). The van der Waals surface area contributed by atoms with Gasteiger partial charge in [0.1, 0.15) is 0 Å². The van der Waals surface area contributed by atoms with Crippen LogP contribution in [0, 0.1) is 11.8 Å². The van der Waals surface area contributed by atoms with Gasteiger partial charge in [-0.3, -0.25) is 9.59 Å². The van der Waals surface area contributed by atoms with Gasteiger partial charge >= 0.3 is 0 Å². The maximum Gasteiger partial charge on any atom is 0.259 e. The van der Waals surface area contributed by atoms with Gasteiger partial charge in [-0.05, 0) is 118 Å². The second-order valence-electron chi connectivity index (χ2n) is 20.5. The van der Waals surface area contributed by atoms with Crippen molar-refractivity contribution in [3.63, 3.8) is 0 Å². The zero-order chi connectivity index (χ0) is 48.4. The Morgan fingerprint density at radius 1 is 0.426 bits per heavy atom. The third kappa shape index (κ3) is 18.9. The lowest BCUT2D eigenvalue weighted by Crippen LogP contribution is -2.32. The van der Waals surface area contributed by atoms with Gasteiger partial charge in [-0.2, -0.15) is 0 Å². The first kappa shape index (κ1) is 56.9. The van der Waals surface area contributed by atoms with Crippen molar-refractivity contribution in [1.29, 1.82) is 0 Å². The highest BCUT2D eigenvalue weighted by Gasteiger charge is 2.40. The molecule has 0 saturated heterocycles. The second kappa shape index (κ2) is 32.9. The summed E-state index contributed by atoms with van der Waals surface area (Å²) in [6.07, 6.45) is 45.3. The molecule has 2 aliphatic rings. The van der Waals surface area contributed by atoms with E-state index in [-0.39, 0.29) is 11.8 Å². The van der Waals surface area contributed by atoms with Crippen molar-refractivity contribution in [2.45, 2.75) is 233 Å². The standard InChI is InChI=1S/C60H90Br2N2O2S2/c1-5-9-13-17-21-23-27-31-35-47(33-29-25-19-15-11-7-3)45-63-55-43-52-54(42-50-38-40-58(62)68-50)60(66)64(56(52)44-51(55)53(59(63)65)41-49-37-39-57(61)67-49)46-48(34-30-26-20-16-12-8-4)36-32-28-24-22-18-14-10-6-2/h37-44,47-48H,5-36,45-46H2,1-4H3/b53-41-,54-42-. The first-order valence-corrected chi connectivity index (χ1v) is 31.3. The second-order valence-corrected chi connectivity index (χ2v) is 25.5. The first-order chi connectivity index (χ1) is 33.3. The Bertz CT molecular complexity index is 1840. The predicted octanol–water partition coefficient (Wildman–Crippen LogP) is 20.9. The normalized spacial score (nSPS) is 15.7. The number of amides is 2. The summed E-state index contributed by atoms with van der Waals surface area (Å²) in [5.74, 6) is 1.10. The molecule has 0 N–H and O–H groups in total. The summed E-state index contributed by atoms with van der Waals surface area (Å²) in [6.45, 7) is 10.6. The monoisotopic (exact) mass is 1090 g/mol. The maximum absolute atomic E-state index is 15.1. The number of hydrogen-bond donors (Lipinski definition) is 0. The lowest BCUT2D eigenvalue weighted by Gasteiger charge is -2.26. The minimum atomic E-state index is 0.110. The smallest absolute Gasteiger partial charge is 0.259 e. The van der Waals surface area contributed by atoms with Gasteiger partial charge in [0.15, 0.2) is 0 Å². The van der Waals surface area contributed by atoms with Crippen LogP contribution in [0.4, 0.5) is 11.4 Å². The van der Waals surface area contributed by atoms with Gasteiger partial charge in [-0.25, -0.2) is 0 Å². The van der Waals surface area contributed by atoms with Crippen LogP contribution in [0.1, 0.15) is 254 Å². The molecule has 2 unspecified atom stereocenters. The predicted molar refractivity (Wildman–Crippen MR) is 308 cm³/mol. The number of benzene rings is 1. The Morgan fingerprint density at radius 3 is 0.971 bits per heavy atom. The van der Waals surface area contributed by atoms with Gasteiger partial charge < -0.3 is 9.80 Å². The number of halogens is 2. The van der Waals surface area contributed by atoms with Gasteiger partial charge in [0, 0.05) is 34.0 Å². The van der Waals surface area contributed by atoms with Crippen molar-refractivity contribution in [3.8, 4) is 0 Å². The number of unbranched alkanes of at least 4 members (excludes halogenated alkanes) is 24.